The smallest absolute Gasteiger partial charge is 0.175 e. The van der Waals surface area contributed by atoms with Crippen LogP contribution in [-0.4, -0.2) is 24.7 Å². The van der Waals surface area contributed by atoms with Gasteiger partial charge in [-0.1, -0.05) is 59.1 Å². The summed E-state index contributed by atoms with van der Waals surface area (Å²) in [5.41, 5.74) is 5.36. The molecule has 0 spiro atoms. The van der Waals surface area contributed by atoms with Crippen molar-refractivity contribution in [1.82, 2.24) is 19.6 Å². The van der Waals surface area contributed by atoms with E-state index in [0.29, 0.717) is 33.3 Å². The van der Waals surface area contributed by atoms with Crippen LogP contribution >= 0.6 is 47.0 Å². The van der Waals surface area contributed by atoms with Crippen molar-refractivity contribution in [2.45, 2.75) is 26.9 Å². The van der Waals surface area contributed by atoms with Crippen molar-refractivity contribution in [3.05, 3.63) is 92.4 Å². The molecule has 0 unspecified atom stereocenters. The first kappa shape index (κ1) is 23.6. The zero-order chi connectivity index (χ0) is 23.5. The van der Waals surface area contributed by atoms with E-state index in [2.05, 4.69) is 20.8 Å². The minimum atomic E-state index is 0.447. The summed E-state index contributed by atoms with van der Waals surface area (Å²) in [4.78, 5) is 0. The Bertz CT molecular complexity index is 1310. The van der Waals surface area contributed by atoms with Gasteiger partial charge in [0.2, 0.25) is 0 Å². The highest BCUT2D eigenvalue weighted by atomic mass is 35.5. The van der Waals surface area contributed by atoms with Crippen LogP contribution in [0, 0.1) is 13.8 Å². The minimum Gasteiger partial charge on any atom is -0.330 e. The van der Waals surface area contributed by atoms with Crippen molar-refractivity contribution in [2.24, 2.45) is 0 Å². The number of anilines is 2. The van der Waals surface area contributed by atoms with Crippen molar-refractivity contribution < 1.29 is 0 Å². The predicted molar refractivity (Wildman–Crippen MR) is 140 cm³/mol. The molecule has 0 saturated carbocycles. The molecular formula is C23H21Cl3N6S. The van der Waals surface area contributed by atoms with Gasteiger partial charge in [0.15, 0.2) is 5.11 Å². The van der Waals surface area contributed by atoms with Gasteiger partial charge in [-0.3, -0.25) is 9.36 Å². The molecule has 10 heteroatoms. The summed E-state index contributed by atoms with van der Waals surface area (Å²) in [6.07, 6.45) is 3.57. The lowest BCUT2D eigenvalue weighted by Gasteiger charge is -2.10. The Labute approximate surface area is 212 Å². The minimum absolute atomic E-state index is 0.447. The van der Waals surface area contributed by atoms with Gasteiger partial charge in [-0.15, -0.1) is 0 Å². The van der Waals surface area contributed by atoms with Gasteiger partial charge in [0.1, 0.15) is 0 Å². The number of hydrogen-bond acceptors (Lipinski definition) is 3. The average molecular weight is 520 g/mol. The first-order chi connectivity index (χ1) is 15.8. The molecule has 2 heterocycles. The van der Waals surface area contributed by atoms with Crippen LogP contribution < -0.4 is 10.6 Å². The molecule has 170 valence electrons. The van der Waals surface area contributed by atoms with Gasteiger partial charge in [0.05, 0.1) is 42.0 Å². The van der Waals surface area contributed by atoms with Crippen LogP contribution in [-0.2, 0) is 13.1 Å². The van der Waals surface area contributed by atoms with E-state index in [1.54, 1.807) is 23.0 Å². The molecule has 2 N–H and O–H groups in total. The zero-order valence-corrected chi connectivity index (χ0v) is 21.0. The molecule has 0 aliphatic heterocycles. The molecule has 6 nitrogen and oxygen atoms in total. The van der Waals surface area contributed by atoms with Gasteiger partial charge in [-0.25, -0.2) is 0 Å². The Hall–Kier alpha value is -2.58. The summed E-state index contributed by atoms with van der Waals surface area (Å²) in [5, 5.41) is 17.8. The van der Waals surface area contributed by atoms with Gasteiger partial charge in [0.25, 0.3) is 0 Å². The van der Waals surface area contributed by atoms with E-state index in [9.17, 15) is 0 Å². The predicted octanol–water partition coefficient (Wildman–Crippen LogP) is 6.56. The normalized spacial score (nSPS) is 10.9. The lowest BCUT2D eigenvalue weighted by molar-refractivity contribution is 0.659. The fourth-order valence-corrected chi connectivity index (χ4v) is 4.32. The Morgan fingerprint density at radius 1 is 0.970 bits per heavy atom. The molecule has 0 atom stereocenters. The number of benzene rings is 2. The van der Waals surface area contributed by atoms with Gasteiger partial charge in [-0.05, 0) is 55.4 Å². The molecule has 0 saturated heterocycles. The third kappa shape index (κ3) is 5.68. The zero-order valence-electron chi connectivity index (χ0n) is 17.9. The van der Waals surface area contributed by atoms with Crippen LogP contribution in [0.4, 0.5) is 11.4 Å². The molecule has 0 radical (unpaired) electrons. The molecule has 33 heavy (non-hydrogen) atoms. The molecular weight excluding hydrogens is 499 g/mol. The number of hydrogen-bond donors (Lipinski definition) is 2. The molecule has 0 aliphatic carbocycles. The third-order valence-corrected chi connectivity index (χ3v) is 6.30. The summed E-state index contributed by atoms with van der Waals surface area (Å²) in [7, 11) is 0. The number of aromatic nitrogens is 4. The summed E-state index contributed by atoms with van der Waals surface area (Å²) in [6, 6.07) is 13.2. The molecule has 0 amide bonds. The van der Waals surface area contributed by atoms with Crippen molar-refractivity contribution >= 4 is 63.5 Å². The van der Waals surface area contributed by atoms with E-state index in [0.717, 1.165) is 33.9 Å². The van der Waals surface area contributed by atoms with Crippen LogP contribution in [0.3, 0.4) is 0 Å². The molecule has 2 aromatic heterocycles. The fourth-order valence-electron chi connectivity index (χ4n) is 3.43. The molecule has 0 bridgehead atoms. The topological polar surface area (TPSA) is 59.7 Å². The number of nitrogens with one attached hydrogen (secondary N) is 2. The molecule has 0 fully saturated rings. The highest BCUT2D eigenvalue weighted by Crippen LogP contribution is 2.24. The molecule has 4 aromatic rings. The maximum Gasteiger partial charge on any atom is 0.175 e. The van der Waals surface area contributed by atoms with E-state index in [-0.39, 0.29) is 0 Å². The Morgan fingerprint density at radius 2 is 1.73 bits per heavy atom. The number of rotatable bonds is 6. The summed E-state index contributed by atoms with van der Waals surface area (Å²) in [5.74, 6) is 0. The molecule has 0 aliphatic rings. The Kier molecular flexibility index (Phi) is 7.24. The number of thiocarbonyl (C=S) groups is 1. The van der Waals surface area contributed by atoms with Gasteiger partial charge >= 0.3 is 0 Å². The Morgan fingerprint density at radius 3 is 2.48 bits per heavy atom. The summed E-state index contributed by atoms with van der Waals surface area (Å²) in [6.45, 7) is 5.03. The first-order valence-corrected chi connectivity index (χ1v) is 11.7. The SMILES string of the molecule is Cc1nn(Cc2ccccc2Cl)c(C)c1NC(=S)Nc1cnn(Cc2ccc(Cl)cc2Cl)c1. The fraction of sp³-hybridized carbons (Fsp3) is 0.174. The number of aryl methyl sites for hydroxylation is 1. The van der Waals surface area contributed by atoms with Crippen LogP contribution in [0.15, 0.2) is 54.9 Å². The Balaban J connectivity index is 1.41. The largest absolute Gasteiger partial charge is 0.330 e. The van der Waals surface area contributed by atoms with Gasteiger partial charge in [-0.2, -0.15) is 10.2 Å². The first-order valence-electron chi connectivity index (χ1n) is 10.1. The van der Waals surface area contributed by atoms with E-state index in [4.69, 9.17) is 47.0 Å². The monoisotopic (exact) mass is 518 g/mol. The van der Waals surface area contributed by atoms with Crippen LogP contribution in [0.2, 0.25) is 15.1 Å². The van der Waals surface area contributed by atoms with Crippen molar-refractivity contribution in [2.75, 3.05) is 10.6 Å². The van der Waals surface area contributed by atoms with Gasteiger partial charge in [0, 0.05) is 21.3 Å². The molecule has 2 aromatic carbocycles. The second-order valence-corrected chi connectivity index (χ2v) is 9.20. The van der Waals surface area contributed by atoms with Crippen molar-refractivity contribution in [3.8, 4) is 0 Å². The van der Waals surface area contributed by atoms with Crippen LogP contribution in [0.25, 0.3) is 0 Å². The average Bonchev–Trinajstić information content (AvgIpc) is 3.31. The van der Waals surface area contributed by atoms with Crippen LogP contribution in [0.1, 0.15) is 22.5 Å². The number of nitrogens with zero attached hydrogens (tertiary/aromatic N) is 4. The maximum atomic E-state index is 6.31. The van der Waals surface area contributed by atoms with Crippen LogP contribution in [0.5, 0.6) is 0 Å². The third-order valence-electron chi connectivity index (χ3n) is 5.14. The summed E-state index contributed by atoms with van der Waals surface area (Å²) < 4.78 is 3.69. The second-order valence-electron chi connectivity index (χ2n) is 7.54. The van der Waals surface area contributed by atoms with Gasteiger partial charge < -0.3 is 10.6 Å². The van der Waals surface area contributed by atoms with Crippen molar-refractivity contribution in [1.29, 1.82) is 0 Å². The standard InChI is InChI=1S/C23H21Cl3N6S/c1-14-22(15(2)32(30-14)12-16-5-3-4-6-20(16)25)29-23(33)28-19-10-27-31(13-19)11-17-7-8-18(24)9-21(17)26/h3-10,13H,11-12H2,1-2H3,(H2,28,29,33). The maximum absolute atomic E-state index is 6.31. The lowest BCUT2D eigenvalue weighted by Crippen LogP contribution is -2.19. The van der Waals surface area contributed by atoms with E-state index >= 15 is 0 Å². The summed E-state index contributed by atoms with van der Waals surface area (Å²) >= 11 is 24.1. The lowest BCUT2D eigenvalue weighted by atomic mass is 10.2. The quantitative estimate of drug-likeness (QED) is 0.282. The van der Waals surface area contributed by atoms with E-state index < -0.39 is 0 Å². The highest BCUT2D eigenvalue weighted by molar-refractivity contribution is 7.80. The molecule has 4 rings (SSSR count). The van der Waals surface area contributed by atoms with E-state index in [1.807, 2.05) is 55.1 Å². The second kappa shape index (κ2) is 10.1. The van der Waals surface area contributed by atoms with E-state index in [1.165, 1.54) is 0 Å². The highest BCUT2D eigenvalue weighted by Gasteiger charge is 2.14. The number of halogens is 3. The van der Waals surface area contributed by atoms with Crippen molar-refractivity contribution in [3.63, 3.8) is 0 Å².